The van der Waals surface area contributed by atoms with E-state index < -0.39 is 0 Å². The first-order valence-corrected chi connectivity index (χ1v) is 19.6. The summed E-state index contributed by atoms with van der Waals surface area (Å²) in [6, 6.07) is 70.3. The van der Waals surface area contributed by atoms with E-state index in [-0.39, 0.29) is 5.37 Å². The Bertz CT molecular complexity index is 2720. The van der Waals surface area contributed by atoms with Gasteiger partial charge in [-0.15, -0.1) is 11.3 Å². The van der Waals surface area contributed by atoms with Gasteiger partial charge in [0.05, 0.1) is 16.3 Å². The quantitative estimate of drug-likeness (QED) is 0.177. The zero-order valence-electron chi connectivity index (χ0n) is 28.8. The lowest BCUT2D eigenvalue weighted by Gasteiger charge is -2.29. The summed E-state index contributed by atoms with van der Waals surface area (Å²) in [5, 5.41) is 6.60. The van der Waals surface area contributed by atoms with Gasteiger partial charge in [-0.2, -0.15) is 0 Å². The van der Waals surface area contributed by atoms with Crippen LogP contribution in [0.4, 0.5) is 22.7 Å². The van der Waals surface area contributed by atoms with Gasteiger partial charge in [-0.25, -0.2) is 0 Å². The van der Waals surface area contributed by atoms with Crippen LogP contribution in [0.1, 0.15) is 10.9 Å². The maximum atomic E-state index is 3.92. The summed E-state index contributed by atoms with van der Waals surface area (Å²) in [6.45, 7) is 0. The number of rotatable bonds is 7. The fraction of sp³-hybridized carbons (Fsp3) is 0.0204. The van der Waals surface area contributed by atoms with Crippen LogP contribution in [0.2, 0.25) is 0 Å². The summed E-state index contributed by atoms with van der Waals surface area (Å²) >= 11 is 3.78. The SMILES string of the molecule is c1ccc(-c2cccc(N(c3ccc(-c4ccccc4-c4ccccc4)cc3)c3c4c(cc5sc6ccccc6c35)NC(c3ccccc3)S4)c2)cc1. The molecule has 8 aromatic carbocycles. The minimum atomic E-state index is 0.113. The molecular formula is C49H34N2S2. The van der Waals surface area contributed by atoms with Gasteiger partial charge in [-0.1, -0.05) is 169 Å². The molecule has 1 atom stereocenters. The monoisotopic (exact) mass is 714 g/mol. The zero-order valence-corrected chi connectivity index (χ0v) is 30.4. The minimum Gasteiger partial charge on any atom is -0.368 e. The first kappa shape index (κ1) is 31.6. The number of fused-ring (bicyclic) bond motifs is 4. The van der Waals surface area contributed by atoms with Crippen molar-refractivity contribution in [1.29, 1.82) is 0 Å². The Morgan fingerprint density at radius 3 is 1.79 bits per heavy atom. The van der Waals surface area contributed by atoms with Crippen molar-refractivity contribution in [2.24, 2.45) is 0 Å². The molecule has 9 aromatic rings. The first-order chi connectivity index (χ1) is 26.3. The van der Waals surface area contributed by atoms with E-state index in [9.17, 15) is 0 Å². The standard InChI is InChI=1S/C49H34N2S2/c1-4-15-33(16-5-1)37-21-14-22-39(31-37)51(38-29-27-35(28-30-38)41-24-11-10-23-40(41)34-17-6-2-7-18-34)47-46-42-25-12-13-26-44(42)52-45(46)32-43-48(47)53-49(50-43)36-19-8-3-9-20-36/h1-32,49-50H. The Morgan fingerprint density at radius 1 is 0.453 bits per heavy atom. The van der Waals surface area contributed by atoms with Gasteiger partial charge in [-0.05, 0) is 75.3 Å². The molecule has 10 rings (SSSR count). The highest BCUT2D eigenvalue weighted by atomic mass is 32.2. The Kier molecular flexibility index (Phi) is 8.05. The number of thiophene rings is 1. The molecule has 252 valence electrons. The summed E-state index contributed by atoms with van der Waals surface area (Å²) in [5.41, 5.74) is 13.2. The van der Waals surface area contributed by atoms with Crippen LogP contribution in [0.5, 0.6) is 0 Å². The third-order valence-electron chi connectivity index (χ3n) is 10.1. The van der Waals surface area contributed by atoms with Crippen LogP contribution in [-0.2, 0) is 0 Å². The van der Waals surface area contributed by atoms with Crippen molar-refractivity contribution in [3.63, 3.8) is 0 Å². The average molecular weight is 715 g/mol. The molecule has 2 nitrogen and oxygen atoms in total. The molecule has 0 radical (unpaired) electrons. The summed E-state index contributed by atoms with van der Waals surface area (Å²) < 4.78 is 2.57. The van der Waals surface area contributed by atoms with Crippen LogP contribution in [0.25, 0.3) is 53.6 Å². The highest BCUT2D eigenvalue weighted by Gasteiger charge is 2.32. The maximum Gasteiger partial charge on any atom is 0.103 e. The highest BCUT2D eigenvalue weighted by Crippen LogP contribution is 2.58. The van der Waals surface area contributed by atoms with Crippen molar-refractivity contribution in [3.05, 3.63) is 200 Å². The van der Waals surface area contributed by atoms with Crippen LogP contribution in [0.3, 0.4) is 0 Å². The van der Waals surface area contributed by atoms with E-state index in [1.54, 1.807) is 0 Å². The van der Waals surface area contributed by atoms with E-state index in [1.165, 1.54) is 75.4 Å². The van der Waals surface area contributed by atoms with E-state index in [0.717, 1.165) is 11.4 Å². The molecule has 0 aliphatic carbocycles. The molecule has 2 heterocycles. The van der Waals surface area contributed by atoms with Gasteiger partial charge in [-0.3, -0.25) is 0 Å². The van der Waals surface area contributed by atoms with Crippen molar-refractivity contribution >= 4 is 66.0 Å². The van der Waals surface area contributed by atoms with Gasteiger partial charge in [0.25, 0.3) is 0 Å². The van der Waals surface area contributed by atoms with E-state index >= 15 is 0 Å². The number of hydrogen-bond acceptors (Lipinski definition) is 4. The molecule has 53 heavy (non-hydrogen) atoms. The molecule has 0 spiro atoms. The number of nitrogens with one attached hydrogen (secondary N) is 1. The molecule has 0 bridgehead atoms. The Morgan fingerprint density at radius 2 is 1.06 bits per heavy atom. The summed E-state index contributed by atoms with van der Waals surface area (Å²) in [5.74, 6) is 0. The normalized spacial score (nSPS) is 13.5. The molecule has 4 heteroatoms. The predicted octanol–water partition coefficient (Wildman–Crippen LogP) is 14.7. The molecular weight excluding hydrogens is 681 g/mol. The second-order valence-corrected chi connectivity index (χ2v) is 15.5. The molecule has 0 amide bonds. The van der Waals surface area contributed by atoms with Crippen LogP contribution < -0.4 is 10.2 Å². The smallest absolute Gasteiger partial charge is 0.103 e. The number of thioether (sulfide) groups is 1. The number of benzene rings is 8. The van der Waals surface area contributed by atoms with Crippen molar-refractivity contribution in [3.8, 4) is 33.4 Å². The second-order valence-electron chi connectivity index (χ2n) is 13.3. The van der Waals surface area contributed by atoms with Gasteiger partial charge in [0, 0.05) is 31.5 Å². The maximum absolute atomic E-state index is 3.92. The van der Waals surface area contributed by atoms with Gasteiger partial charge in [0.15, 0.2) is 0 Å². The first-order valence-electron chi connectivity index (χ1n) is 18.0. The third-order valence-corrected chi connectivity index (χ3v) is 12.5. The van der Waals surface area contributed by atoms with Gasteiger partial charge >= 0.3 is 0 Å². The lowest BCUT2D eigenvalue weighted by molar-refractivity contribution is 1.13. The summed E-state index contributed by atoms with van der Waals surface area (Å²) in [6.07, 6.45) is 0. The van der Waals surface area contributed by atoms with Gasteiger partial charge in [0.2, 0.25) is 0 Å². The predicted molar refractivity (Wildman–Crippen MR) is 229 cm³/mol. The van der Waals surface area contributed by atoms with Crippen molar-refractivity contribution in [2.75, 3.05) is 10.2 Å². The highest BCUT2D eigenvalue weighted by molar-refractivity contribution is 8.00. The van der Waals surface area contributed by atoms with Crippen LogP contribution >= 0.6 is 23.1 Å². The van der Waals surface area contributed by atoms with Crippen molar-refractivity contribution in [2.45, 2.75) is 10.3 Å². The van der Waals surface area contributed by atoms with Crippen LogP contribution in [0, 0.1) is 0 Å². The van der Waals surface area contributed by atoms with Crippen LogP contribution in [0.15, 0.2) is 199 Å². The molecule has 0 saturated heterocycles. The summed E-state index contributed by atoms with van der Waals surface area (Å²) in [4.78, 5) is 3.76. The van der Waals surface area contributed by atoms with Crippen molar-refractivity contribution in [1.82, 2.24) is 0 Å². The van der Waals surface area contributed by atoms with E-state index in [0.29, 0.717) is 0 Å². The topological polar surface area (TPSA) is 15.3 Å². The molecule has 1 aromatic heterocycles. The lowest BCUT2D eigenvalue weighted by Crippen LogP contribution is -2.11. The Hall–Kier alpha value is -6.07. The average Bonchev–Trinajstić information content (AvgIpc) is 3.84. The molecule has 1 aliphatic rings. The Balaban J connectivity index is 1.20. The molecule has 1 unspecified atom stereocenters. The van der Waals surface area contributed by atoms with Crippen molar-refractivity contribution < 1.29 is 0 Å². The number of nitrogens with zero attached hydrogens (tertiary/aromatic N) is 1. The molecule has 1 N–H and O–H groups in total. The Labute approximate surface area is 318 Å². The van der Waals surface area contributed by atoms with E-state index in [2.05, 4.69) is 204 Å². The fourth-order valence-electron chi connectivity index (χ4n) is 7.61. The number of anilines is 4. The van der Waals surface area contributed by atoms with Gasteiger partial charge in [0.1, 0.15) is 5.37 Å². The minimum absolute atomic E-state index is 0.113. The summed E-state index contributed by atoms with van der Waals surface area (Å²) in [7, 11) is 0. The zero-order chi connectivity index (χ0) is 35.1. The largest absolute Gasteiger partial charge is 0.368 e. The van der Waals surface area contributed by atoms with E-state index in [4.69, 9.17) is 0 Å². The fourth-order valence-corrected chi connectivity index (χ4v) is 10.0. The third kappa shape index (κ3) is 5.77. The molecule has 0 fully saturated rings. The van der Waals surface area contributed by atoms with Crippen LogP contribution in [-0.4, -0.2) is 0 Å². The molecule has 0 saturated carbocycles. The second kappa shape index (κ2) is 13.5. The lowest BCUT2D eigenvalue weighted by atomic mass is 9.94. The molecule has 1 aliphatic heterocycles. The number of hydrogen-bond donors (Lipinski definition) is 1. The van der Waals surface area contributed by atoms with Gasteiger partial charge < -0.3 is 10.2 Å². The van der Waals surface area contributed by atoms with E-state index in [1.807, 2.05) is 23.1 Å².